The molecule has 0 aromatic heterocycles. The van der Waals surface area contributed by atoms with Crippen LogP contribution in [0.4, 0.5) is 5.69 Å². The molecule has 3 saturated heterocycles. The molecule has 296 valence electrons. The molecule has 3 fully saturated rings. The van der Waals surface area contributed by atoms with Crippen LogP contribution < -0.4 is 4.90 Å². The molecule has 4 aromatic carbocycles. The zero-order valence-electron chi connectivity index (χ0n) is 32.6. The molecule has 4 aromatic rings. The number of allylic oxidation sites excluding steroid dienone is 1. The number of hydrogen-bond donors (Lipinski definition) is 1. The molecule has 57 heavy (non-hydrogen) atoms. The quantitative estimate of drug-likeness (QED) is 0.103. The summed E-state index contributed by atoms with van der Waals surface area (Å²) in [7, 11) is 1.69. The van der Waals surface area contributed by atoms with Gasteiger partial charge in [0.1, 0.15) is 17.7 Å². The van der Waals surface area contributed by atoms with Crippen molar-refractivity contribution in [1.82, 2.24) is 9.80 Å². The van der Waals surface area contributed by atoms with Crippen LogP contribution in [0.2, 0.25) is 0 Å². The Labute approximate surface area is 334 Å². The second-order valence-electron chi connectivity index (χ2n) is 15.4. The van der Waals surface area contributed by atoms with Gasteiger partial charge in [0.15, 0.2) is 0 Å². The van der Waals surface area contributed by atoms with E-state index in [9.17, 15) is 14.7 Å². The molecule has 3 aliphatic heterocycles. The third-order valence-corrected chi connectivity index (χ3v) is 12.2. The van der Waals surface area contributed by atoms with Crippen molar-refractivity contribution >= 4 is 40.2 Å². The summed E-state index contributed by atoms with van der Waals surface area (Å²) in [6.07, 6.45) is 3.68. The van der Waals surface area contributed by atoms with Crippen LogP contribution in [0, 0.1) is 11.8 Å². The van der Waals surface area contributed by atoms with E-state index in [0.717, 1.165) is 16.3 Å². The van der Waals surface area contributed by atoms with Gasteiger partial charge in [-0.15, -0.1) is 13.2 Å². The van der Waals surface area contributed by atoms with Crippen molar-refractivity contribution in [3.63, 3.8) is 0 Å². The number of rotatable bonds is 16. The Hall–Kier alpha value is -5.58. The predicted octanol–water partition coefficient (Wildman–Crippen LogP) is 6.43. The Morgan fingerprint density at radius 1 is 0.965 bits per heavy atom. The summed E-state index contributed by atoms with van der Waals surface area (Å²) in [4.78, 5) is 63.1. The minimum absolute atomic E-state index is 0.117. The molecule has 0 unspecified atom stereocenters. The number of aliphatic hydroxyl groups excluding tert-OH is 1. The summed E-state index contributed by atoms with van der Waals surface area (Å²) in [6, 6.07) is 29.9. The van der Waals surface area contributed by atoms with Crippen LogP contribution >= 0.6 is 0 Å². The fourth-order valence-corrected chi connectivity index (χ4v) is 9.24. The lowest BCUT2D eigenvalue weighted by Gasteiger charge is -2.39. The van der Waals surface area contributed by atoms with Crippen LogP contribution in [0.15, 0.2) is 128 Å². The number of hydrogen-bond acceptors (Lipinski definition) is 7. The molecular formula is C47H51N3O7. The maximum atomic E-state index is 15.3. The average Bonchev–Trinajstić information content (AvgIpc) is 3.90. The van der Waals surface area contributed by atoms with E-state index in [1.165, 1.54) is 4.90 Å². The van der Waals surface area contributed by atoms with E-state index in [1.54, 1.807) is 29.0 Å². The maximum Gasteiger partial charge on any atom is 0.313 e. The lowest BCUT2D eigenvalue weighted by molar-refractivity contribution is -0.165. The number of esters is 1. The Kier molecular flexibility index (Phi) is 11.7. The van der Waals surface area contributed by atoms with Crippen LogP contribution in [0.5, 0.6) is 0 Å². The molecule has 0 radical (unpaired) electrons. The third-order valence-electron chi connectivity index (χ3n) is 12.2. The van der Waals surface area contributed by atoms with Gasteiger partial charge < -0.3 is 29.3 Å². The van der Waals surface area contributed by atoms with Gasteiger partial charge in [-0.3, -0.25) is 19.2 Å². The maximum absolute atomic E-state index is 15.3. The molecule has 3 aliphatic rings. The summed E-state index contributed by atoms with van der Waals surface area (Å²) >= 11 is 0. The molecule has 0 aliphatic carbocycles. The number of likely N-dealkylation sites (N-methyl/N-ethyl adjacent to an activating group) is 1. The standard InChI is InChI=1S/C47H51N3O7/c1-5-7-22-39(52)48(4)31(3)42(34-19-12-9-13-20-34)56-46(55)40-38-25-26-47(57-38)41(40)44(53)50(37(30-51)28-32-16-10-8-11-17-32)43(47)45(54)49(27-6-2)36-24-23-33-18-14-15-21-35(33)29-36/h5-6,8-21,23-24,29,31,37-38,40-43,51H,1-2,7,22,25-28,30H2,3-4H3/t31-,37-,38-,40+,41+,42+,43-,47+/m1/s1. The number of carbonyl (C=O) groups excluding carboxylic acids is 4. The van der Waals surface area contributed by atoms with Crippen molar-refractivity contribution in [2.24, 2.45) is 11.8 Å². The number of benzene rings is 4. The summed E-state index contributed by atoms with van der Waals surface area (Å²) < 4.78 is 13.2. The van der Waals surface area contributed by atoms with Crippen LogP contribution in [0.1, 0.15) is 49.8 Å². The van der Waals surface area contributed by atoms with E-state index in [0.29, 0.717) is 30.5 Å². The first kappa shape index (κ1) is 39.6. The van der Waals surface area contributed by atoms with Crippen molar-refractivity contribution in [2.45, 2.75) is 75.0 Å². The number of anilines is 1. The highest BCUT2D eigenvalue weighted by molar-refractivity contribution is 6.05. The Morgan fingerprint density at radius 3 is 2.33 bits per heavy atom. The number of aliphatic hydroxyl groups is 1. The topological polar surface area (TPSA) is 117 Å². The van der Waals surface area contributed by atoms with Crippen LogP contribution in [0.25, 0.3) is 10.8 Å². The van der Waals surface area contributed by atoms with Gasteiger partial charge in [0.05, 0.1) is 36.6 Å². The second-order valence-corrected chi connectivity index (χ2v) is 15.4. The zero-order chi connectivity index (χ0) is 40.3. The van der Waals surface area contributed by atoms with Gasteiger partial charge in [0, 0.05) is 25.7 Å². The molecule has 2 bridgehead atoms. The largest absolute Gasteiger partial charge is 0.455 e. The lowest BCUT2D eigenvalue weighted by Crippen LogP contribution is -2.59. The average molecular weight is 770 g/mol. The summed E-state index contributed by atoms with van der Waals surface area (Å²) in [5.74, 6) is -3.60. The Bertz CT molecular complexity index is 2130. The molecule has 10 nitrogen and oxygen atoms in total. The van der Waals surface area contributed by atoms with Gasteiger partial charge in [0.25, 0.3) is 5.91 Å². The van der Waals surface area contributed by atoms with Crippen molar-refractivity contribution in [3.8, 4) is 0 Å². The number of fused-ring (bicyclic) bond motifs is 2. The van der Waals surface area contributed by atoms with Gasteiger partial charge in [-0.05, 0) is 66.6 Å². The Balaban J connectivity index is 1.27. The fourth-order valence-electron chi connectivity index (χ4n) is 9.24. The first-order valence-electron chi connectivity index (χ1n) is 19.8. The summed E-state index contributed by atoms with van der Waals surface area (Å²) in [6.45, 7) is 9.27. The number of ether oxygens (including phenoxy) is 2. The van der Waals surface area contributed by atoms with Gasteiger partial charge in [-0.25, -0.2) is 0 Å². The molecule has 1 spiro atoms. The van der Waals surface area contributed by atoms with Crippen LogP contribution in [-0.2, 0) is 35.1 Å². The first-order chi connectivity index (χ1) is 27.6. The van der Waals surface area contributed by atoms with Crippen molar-refractivity contribution in [2.75, 3.05) is 25.1 Å². The zero-order valence-corrected chi connectivity index (χ0v) is 32.6. The van der Waals surface area contributed by atoms with E-state index in [2.05, 4.69) is 13.2 Å². The Morgan fingerprint density at radius 2 is 1.65 bits per heavy atom. The molecule has 8 atom stereocenters. The minimum Gasteiger partial charge on any atom is -0.455 e. The molecule has 1 N–H and O–H groups in total. The second kappa shape index (κ2) is 16.9. The van der Waals surface area contributed by atoms with Gasteiger partial charge in [0.2, 0.25) is 11.8 Å². The number of likely N-dealkylation sites (tertiary alicyclic amines) is 1. The highest BCUT2D eigenvalue weighted by atomic mass is 16.6. The van der Waals surface area contributed by atoms with Gasteiger partial charge in [-0.1, -0.05) is 103 Å². The highest BCUT2D eigenvalue weighted by Crippen LogP contribution is 2.59. The van der Waals surface area contributed by atoms with E-state index in [1.807, 2.05) is 110 Å². The van der Waals surface area contributed by atoms with E-state index in [4.69, 9.17) is 9.47 Å². The molecule has 3 heterocycles. The van der Waals surface area contributed by atoms with E-state index in [-0.39, 0.29) is 31.2 Å². The third kappa shape index (κ3) is 7.40. The highest BCUT2D eigenvalue weighted by Gasteiger charge is 2.76. The van der Waals surface area contributed by atoms with Crippen molar-refractivity contribution in [1.29, 1.82) is 0 Å². The minimum atomic E-state index is -1.35. The number of nitrogens with zero attached hydrogens (tertiary/aromatic N) is 3. The molecular weight excluding hydrogens is 719 g/mol. The SMILES string of the molecule is C=CCCC(=O)N(C)[C@H](C)[C@H](OC(=O)[C@@H]1[C@H]2C(=O)N([C@@H](CO)Cc3ccccc3)[C@H](C(=O)N(CC=C)c3ccc4ccccc4c3)[C@]23CC[C@H]1O3)c1ccccc1. The molecule has 10 heteroatoms. The van der Waals surface area contributed by atoms with Crippen molar-refractivity contribution in [3.05, 3.63) is 140 Å². The van der Waals surface area contributed by atoms with Crippen LogP contribution in [0.3, 0.4) is 0 Å². The normalized spacial score (nSPS) is 23.7. The number of amides is 3. The predicted molar refractivity (Wildman–Crippen MR) is 219 cm³/mol. The van der Waals surface area contributed by atoms with Gasteiger partial charge >= 0.3 is 5.97 Å². The fraction of sp³-hybridized carbons (Fsp3) is 0.362. The van der Waals surface area contributed by atoms with Gasteiger partial charge in [-0.2, -0.15) is 0 Å². The monoisotopic (exact) mass is 769 g/mol. The van der Waals surface area contributed by atoms with Crippen LogP contribution in [-0.4, -0.2) is 88.6 Å². The number of carbonyl (C=O) groups is 4. The lowest BCUT2D eigenvalue weighted by atomic mass is 9.70. The molecule has 3 amide bonds. The van der Waals surface area contributed by atoms with E-state index >= 15 is 9.59 Å². The smallest absolute Gasteiger partial charge is 0.313 e. The van der Waals surface area contributed by atoms with Crippen molar-refractivity contribution < 1.29 is 33.8 Å². The van der Waals surface area contributed by atoms with E-state index < -0.39 is 66.3 Å². The molecule has 7 rings (SSSR count). The summed E-state index contributed by atoms with van der Waals surface area (Å²) in [5.41, 5.74) is 0.861. The first-order valence-corrected chi connectivity index (χ1v) is 19.8. The summed E-state index contributed by atoms with van der Waals surface area (Å²) in [5, 5.41) is 13.0. The molecule has 0 saturated carbocycles.